The molecule has 0 spiro atoms. The van der Waals surface area contributed by atoms with Crippen LogP contribution < -0.4 is 5.32 Å². The number of nitrogens with one attached hydrogen (secondary N) is 1. The Morgan fingerprint density at radius 2 is 2.31 bits per heavy atom. The number of amidine groups is 1. The Labute approximate surface area is 74.5 Å². The van der Waals surface area contributed by atoms with E-state index in [0.29, 0.717) is 5.84 Å². The van der Waals surface area contributed by atoms with Crippen LogP contribution in [0.2, 0.25) is 0 Å². The summed E-state index contributed by atoms with van der Waals surface area (Å²) >= 11 is 0. The van der Waals surface area contributed by atoms with Crippen LogP contribution >= 0.6 is 0 Å². The third-order valence-corrected chi connectivity index (χ3v) is 1.84. The summed E-state index contributed by atoms with van der Waals surface area (Å²) in [6.07, 6.45) is 3.20. The van der Waals surface area contributed by atoms with Gasteiger partial charge in [0, 0.05) is 13.2 Å². The van der Waals surface area contributed by atoms with Gasteiger partial charge in [-0.15, -0.1) is 0 Å². The maximum atomic E-state index is 11.4. The highest BCUT2D eigenvalue weighted by Gasteiger charge is 2.32. The van der Waals surface area contributed by atoms with Crippen LogP contribution in [-0.2, 0) is 0 Å². The molecule has 4 amide bonds. The van der Waals surface area contributed by atoms with Gasteiger partial charge in [-0.25, -0.2) is 14.6 Å². The van der Waals surface area contributed by atoms with E-state index < -0.39 is 12.1 Å². The molecule has 0 bridgehead atoms. The molecule has 0 aliphatic carbocycles. The molecule has 68 valence electrons. The molecular weight excluding hydrogens is 172 g/mol. The summed E-state index contributed by atoms with van der Waals surface area (Å²) in [5.41, 5.74) is 0. The predicted molar refractivity (Wildman–Crippen MR) is 45.0 cm³/mol. The van der Waals surface area contributed by atoms with Gasteiger partial charge in [0.25, 0.3) is 0 Å². The van der Waals surface area contributed by atoms with Gasteiger partial charge in [0.2, 0.25) is 0 Å². The van der Waals surface area contributed by atoms with Crippen LogP contribution in [0, 0.1) is 0 Å². The van der Waals surface area contributed by atoms with E-state index in [-0.39, 0.29) is 6.67 Å². The van der Waals surface area contributed by atoms with Crippen molar-refractivity contribution in [1.29, 1.82) is 0 Å². The second kappa shape index (κ2) is 2.58. The van der Waals surface area contributed by atoms with Crippen molar-refractivity contribution in [2.75, 3.05) is 13.7 Å². The number of nitrogens with zero attached hydrogens (tertiary/aromatic N) is 3. The van der Waals surface area contributed by atoms with E-state index in [1.165, 1.54) is 4.90 Å². The van der Waals surface area contributed by atoms with E-state index in [4.69, 9.17) is 0 Å². The zero-order chi connectivity index (χ0) is 9.42. The maximum absolute atomic E-state index is 11.4. The van der Waals surface area contributed by atoms with Gasteiger partial charge < -0.3 is 10.2 Å². The summed E-state index contributed by atoms with van der Waals surface area (Å²) in [5, 5.41) is 2.45. The van der Waals surface area contributed by atoms with Crippen molar-refractivity contribution in [3.05, 3.63) is 12.3 Å². The number of hydrogen-bond acceptors (Lipinski definition) is 3. The number of hydrogen-bond donors (Lipinski definition) is 1. The summed E-state index contributed by atoms with van der Waals surface area (Å²) in [6.45, 7) is 0.228. The first kappa shape index (κ1) is 7.78. The van der Waals surface area contributed by atoms with Crippen molar-refractivity contribution < 1.29 is 9.59 Å². The molecule has 6 nitrogen and oxygen atoms in total. The monoisotopic (exact) mass is 180 g/mol. The molecule has 2 aliphatic heterocycles. The number of urea groups is 2. The van der Waals surface area contributed by atoms with E-state index in [1.54, 1.807) is 19.3 Å². The molecule has 0 aromatic carbocycles. The van der Waals surface area contributed by atoms with Gasteiger partial charge in [0.15, 0.2) is 0 Å². The van der Waals surface area contributed by atoms with E-state index in [2.05, 4.69) is 10.3 Å². The van der Waals surface area contributed by atoms with Gasteiger partial charge in [0.1, 0.15) is 12.5 Å². The van der Waals surface area contributed by atoms with Crippen LogP contribution in [0.3, 0.4) is 0 Å². The number of carbonyl (C=O) groups excluding carboxylic acids is 2. The Kier molecular flexibility index (Phi) is 1.54. The molecule has 0 saturated carbocycles. The average Bonchev–Trinajstić information content (AvgIpc) is 2.12. The first-order valence-corrected chi connectivity index (χ1v) is 3.77. The lowest BCUT2D eigenvalue weighted by atomic mass is 10.4. The zero-order valence-corrected chi connectivity index (χ0v) is 7.02. The molecule has 0 saturated heterocycles. The van der Waals surface area contributed by atoms with E-state index in [0.717, 1.165) is 4.90 Å². The molecule has 0 unspecified atom stereocenters. The fourth-order valence-corrected chi connectivity index (χ4v) is 1.15. The molecule has 6 heteroatoms. The maximum Gasteiger partial charge on any atom is 0.337 e. The third-order valence-electron chi connectivity index (χ3n) is 1.84. The number of carbonyl (C=O) groups is 2. The fourth-order valence-electron chi connectivity index (χ4n) is 1.15. The number of imide groups is 1. The molecule has 13 heavy (non-hydrogen) atoms. The topological polar surface area (TPSA) is 65.0 Å². The fraction of sp³-hybridized carbons (Fsp3) is 0.286. The van der Waals surface area contributed by atoms with Crippen LogP contribution in [0.1, 0.15) is 0 Å². The van der Waals surface area contributed by atoms with Crippen LogP contribution in [0.5, 0.6) is 0 Å². The highest BCUT2D eigenvalue weighted by molar-refractivity contribution is 6.17. The van der Waals surface area contributed by atoms with Crippen LogP contribution in [0.15, 0.2) is 17.3 Å². The van der Waals surface area contributed by atoms with Crippen molar-refractivity contribution in [3.8, 4) is 0 Å². The molecule has 0 aromatic rings. The average molecular weight is 180 g/mol. The SMILES string of the molecule is CN1C=CC2=NCNC(=O)N2C1=O. The first-order chi connectivity index (χ1) is 6.20. The van der Waals surface area contributed by atoms with Crippen molar-refractivity contribution in [2.45, 2.75) is 0 Å². The predicted octanol–water partition coefficient (Wildman–Crippen LogP) is -0.0533. The van der Waals surface area contributed by atoms with Crippen molar-refractivity contribution in [3.63, 3.8) is 0 Å². The van der Waals surface area contributed by atoms with Crippen LogP contribution in [0.4, 0.5) is 9.59 Å². The minimum Gasteiger partial charge on any atom is -0.318 e. The van der Waals surface area contributed by atoms with E-state index >= 15 is 0 Å². The second-order valence-electron chi connectivity index (χ2n) is 2.70. The van der Waals surface area contributed by atoms with Crippen LogP contribution in [-0.4, -0.2) is 41.4 Å². The third kappa shape index (κ3) is 1.07. The molecule has 0 fully saturated rings. The van der Waals surface area contributed by atoms with Crippen LogP contribution in [0.25, 0.3) is 0 Å². The minimum absolute atomic E-state index is 0.228. The lowest BCUT2D eigenvalue weighted by Gasteiger charge is -2.30. The van der Waals surface area contributed by atoms with E-state index in [9.17, 15) is 9.59 Å². The molecule has 0 radical (unpaired) electrons. The number of fused-ring (bicyclic) bond motifs is 1. The molecule has 2 heterocycles. The Morgan fingerprint density at radius 3 is 3.08 bits per heavy atom. The lowest BCUT2D eigenvalue weighted by Crippen LogP contribution is -2.55. The molecule has 0 aromatic heterocycles. The Balaban J connectivity index is 2.42. The van der Waals surface area contributed by atoms with Crippen molar-refractivity contribution >= 4 is 17.9 Å². The van der Waals surface area contributed by atoms with Gasteiger partial charge in [-0.05, 0) is 6.08 Å². The summed E-state index contributed by atoms with van der Waals surface area (Å²) < 4.78 is 0. The summed E-state index contributed by atoms with van der Waals surface area (Å²) in [5.74, 6) is 0.395. The van der Waals surface area contributed by atoms with E-state index in [1.807, 2.05) is 0 Å². The van der Waals surface area contributed by atoms with Gasteiger partial charge in [0.05, 0.1) is 0 Å². The Hall–Kier alpha value is -1.85. The normalized spacial score (nSPS) is 21.2. The first-order valence-electron chi connectivity index (χ1n) is 3.77. The zero-order valence-electron chi connectivity index (χ0n) is 7.02. The number of amides is 4. The Bertz CT molecular complexity index is 333. The molecule has 0 atom stereocenters. The quantitative estimate of drug-likeness (QED) is 0.567. The van der Waals surface area contributed by atoms with Gasteiger partial charge in [-0.2, -0.15) is 4.90 Å². The lowest BCUT2D eigenvalue weighted by molar-refractivity contribution is 0.188. The van der Waals surface area contributed by atoms with Gasteiger partial charge in [-0.1, -0.05) is 0 Å². The highest BCUT2D eigenvalue weighted by atomic mass is 16.2. The number of rotatable bonds is 0. The molecular formula is C7H8N4O2. The van der Waals surface area contributed by atoms with Gasteiger partial charge >= 0.3 is 12.1 Å². The summed E-state index contributed by atoms with van der Waals surface area (Å²) in [6, 6.07) is -0.815. The highest BCUT2D eigenvalue weighted by Crippen LogP contribution is 2.10. The van der Waals surface area contributed by atoms with Crippen molar-refractivity contribution in [2.24, 2.45) is 4.99 Å². The standard InChI is InChI=1S/C7H8N4O2/c1-10-3-2-5-8-4-9-6(12)11(5)7(10)13/h2-3H,4H2,1H3,(H,9,12). The second-order valence-corrected chi connectivity index (χ2v) is 2.70. The smallest absolute Gasteiger partial charge is 0.318 e. The minimum atomic E-state index is -0.425. The number of aliphatic imine (C=N–C) groups is 1. The Morgan fingerprint density at radius 1 is 1.54 bits per heavy atom. The van der Waals surface area contributed by atoms with Gasteiger partial charge in [-0.3, -0.25) is 0 Å². The summed E-state index contributed by atoms with van der Waals surface area (Å²) in [4.78, 5) is 29.0. The molecule has 2 aliphatic rings. The van der Waals surface area contributed by atoms with Crippen molar-refractivity contribution in [1.82, 2.24) is 15.1 Å². The summed E-state index contributed by atoms with van der Waals surface area (Å²) in [7, 11) is 1.58. The largest absolute Gasteiger partial charge is 0.337 e. The molecule has 1 N–H and O–H groups in total. The molecule has 2 rings (SSSR count).